The van der Waals surface area contributed by atoms with Crippen LogP contribution in [0.2, 0.25) is 0 Å². The van der Waals surface area contributed by atoms with Crippen LogP contribution in [-0.4, -0.2) is 11.7 Å². The van der Waals surface area contributed by atoms with Gasteiger partial charge in [-0.15, -0.1) is 0 Å². The first kappa shape index (κ1) is 5.58. The van der Waals surface area contributed by atoms with Gasteiger partial charge in [0.1, 0.15) is 5.60 Å². The fourth-order valence-corrected chi connectivity index (χ4v) is 4.44. The lowest BCUT2D eigenvalue weighted by Gasteiger charge is -2.24. The Morgan fingerprint density at radius 1 is 1.09 bits per heavy atom. The van der Waals surface area contributed by atoms with Gasteiger partial charge in [-0.25, -0.2) is 0 Å². The van der Waals surface area contributed by atoms with Crippen molar-refractivity contribution < 1.29 is 4.74 Å². The number of hydrogen-bond donors (Lipinski definition) is 0. The molecule has 0 amide bonds. The quantitative estimate of drug-likeness (QED) is 0.481. The zero-order valence-electron chi connectivity index (χ0n) is 6.75. The van der Waals surface area contributed by atoms with Crippen LogP contribution in [-0.2, 0) is 4.74 Å². The number of ether oxygens (including phenoxy) is 1. The van der Waals surface area contributed by atoms with Gasteiger partial charge >= 0.3 is 0 Å². The fourth-order valence-electron chi connectivity index (χ4n) is 4.44. The molecule has 2 bridgehead atoms. The molecule has 0 aromatic heterocycles. The average molecular weight is 150 g/mol. The molecule has 4 fully saturated rings. The highest BCUT2D eigenvalue weighted by molar-refractivity contribution is 5.23. The molecule has 1 heterocycles. The van der Waals surface area contributed by atoms with Gasteiger partial charge in [0.25, 0.3) is 0 Å². The molecule has 4 aliphatic rings. The van der Waals surface area contributed by atoms with Gasteiger partial charge in [0.2, 0.25) is 0 Å². The molecule has 3 saturated carbocycles. The molecule has 1 nitrogen and oxygen atoms in total. The maximum Gasteiger partial charge on any atom is 0.101 e. The van der Waals surface area contributed by atoms with Gasteiger partial charge in [0, 0.05) is 0 Å². The maximum atomic E-state index is 5.90. The largest absolute Gasteiger partial charge is 0.365 e. The molecule has 0 aromatic carbocycles. The Bertz CT molecular complexity index is 225. The number of hydrogen-bond acceptors (Lipinski definition) is 1. The van der Waals surface area contributed by atoms with Crippen molar-refractivity contribution in [3.05, 3.63) is 0 Å². The fraction of sp³-hybridized carbons (Fsp3) is 1.00. The molecule has 3 aliphatic carbocycles. The topological polar surface area (TPSA) is 12.5 Å². The Balaban J connectivity index is 1.86. The lowest BCUT2D eigenvalue weighted by Crippen LogP contribution is -2.28. The van der Waals surface area contributed by atoms with Crippen molar-refractivity contribution in [3.8, 4) is 0 Å². The molecule has 5 atom stereocenters. The molecule has 0 aromatic rings. The Hall–Kier alpha value is -0.0400. The van der Waals surface area contributed by atoms with Crippen molar-refractivity contribution in [2.75, 3.05) is 0 Å². The lowest BCUT2D eigenvalue weighted by molar-refractivity contribution is 0.131. The van der Waals surface area contributed by atoms with Gasteiger partial charge in [-0.2, -0.15) is 0 Å². The zero-order chi connectivity index (χ0) is 7.05. The first-order chi connectivity index (χ1) is 5.41. The summed E-state index contributed by atoms with van der Waals surface area (Å²) >= 11 is 0. The van der Waals surface area contributed by atoms with Crippen LogP contribution in [0.5, 0.6) is 0 Å². The van der Waals surface area contributed by atoms with Gasteiger partial charge in [0.05, 0.1) is 6.10 Å². The van der Waals surface area contributed by atoms with Crippen molar-refractivity contribution in [2.45, 2.75) is 43.8 Å². The van der Waals surface area contributed by atoms with Crippen molar-refractivity contribution in [3.63, 3.8) is 0 Å². The average Bonchev–Trinajstić information content (AvgIpc) is 2.52. The third kappa shape index (κ3) is 0.416. The molecule has 1 heteroatoms. The molecule has 1 spiro atoms. The summed E-state index contributed by atoms with van der Waals surface area (Å²) in [5.41, 5.74) is 0.489. The Morgan fingerprint density at radius 3 is 2.91 bits per heavy atom. The van der Waals surface area contributed by atoms with E-state index < -0.39 is 0 Å². The Kier molecular flexibility index (Phi) is 0.706. The van der Waals surface area contributed by atoms with Crippen LogP contribution < -0.4 is 0 Å². The van der Waals surface area contributed by atoms with E-state index in [0.717, 1.165) is 23.9 Å². The molecule has 1 aliphatic heterocycles. The second-order valence-corrected chi connectivity index (χ2v) is 4.91. The molecule has 4 rings (SSSR count). The minimum Gasteiger partial charge on any atom is -0.365 e. The molecule has 0 radical (unpaired) electrons. The number of fused-ring (bicyclic) bond motifs is 3. The first-order valence-corrected chi connectivity index (χ1v) is 5.09. The molecular formula is C10H14O. The first-order valence-electron chi connectivity index (χ1n) is 5.09. The summed E-state index contributed by atoms with van der Waals surface area (Å²) in [5.74, 6) is 3.07. The standard InChI is InChI=1S/C10H14O/c1-2-7-5-6(1)8-3-4-9-10(7,8)11-9/h6-9H,1-5H2/t6-,7+,8-,9+,10-/m0/s1. The summed E-state index contributed by atoms with van der Waals surface area (Å²) in [7, 11) is 0. The van der Waals surface area contributed by atoms with E-state index in [0.29, 0.717) is 5.60 Å². The molecule has 11 heavy (non-hydrogen) atoms. The number of rotatable bonds is 0. The van der Waals surface area contributed by atoms with E-state index in [2.05, 4.69) is 0 Å². The predicted octanol–water partition coefficient (Wildman–Crippen LogP) is 1.96. The second kappa shape index (κ2) is 1.39. The van der Waals surface area contributed by atoms with E-state index in [-0.39, 0.29) is 0 Å². The van der Waals surface area contributed by atoms with E-state index in [1.165, 1.54) is 32.1 Å². The minimum absolute atomic E-state index is 0.489. The van der Waals surface area contributed by atoms with Crippen LogP contribution in [0.15, 0.2) is 0 Å². The van der Waals surface area contributed by atoms with Crippen LogP contribution in [0, 0.1) is 17.8 Å². The summed E-state index contributed by atoms with van der Waals surface area (Å²) in [6.45, 7) is 0. The SMILES string of the molecule is C1C[C@@H]2C[C@H]1[C@@H]1CC[C@H]3O[C@]231. The van der Waals surface area contributed by atoms with Crippen molar-refractivity contribution >= 4 is 0 Å². The van der Waals surface area contributed by atoms with E-state index in [1.807, 2.05) is 0 Å². The summed E-state index contributed by atoms with van der Waals surface area (Å²) in [6, 6.07) is 0. The van der Waals surface area contributed by atoms with Crippen LogP contribution in [0.1, 0.15) is 32.1 Å². The molecule has 0 N–H and O–H groups in total. The zero-order valence-corrected chi connectivity index (χ0v) is 6.75. The maximum absolute atomic E-state index is 5.90. The van der Waals surface area contributed by atoms with Gasteiger partial charge in [-0.3, -0.25) is 0 Å². The number of epoxide rings is 1. The van der Waals surface area contributed by atoms with Gasteiger partial charge in [-0.05, 0) is 49.9 Å². The van der Waals surface area contributed by atoms with Crippen LogP contribution in [0.25, 0.3) is 0 Å². The van der Waals surface area contributed by atoms with E-state index in [4.69, 9.17) is 4.74 Å². The highest BCUT2D eigenvalue weighted by Crippen LogP contribution is 2.70. The highest BCUT2D eigenvalue weighted by Gasteiger charge is 2.74. The third-order valence-electron chi connectivity index (χ3n) is 4.79. The van der Waals surface area contributed by atoms with Gasteiger partial charge in [0.15, 0.2) is 0 Å². The smallest absolute Gasteiger partial charge is 0.101 e. The van der Waals surface area contributed by atoms with Crippen molar-refractivity contribution in [2.24, 2.45) is 17.8 Å². The van der Waals surface area contributed by atoms with E-state index >= 15 is 0 Å². The summed E-state index contributed by atoms with van der Waals surface area (Å²) in [4.78, 5) is 0. The molecular weight excluding hydrogens is 136 g/mol. The van der Waals surface area contributed by atoms with Crippen molar-refractivity contribution in [1.29, 1.82) is 0 Å². The van der Waals surface area contributed by atoms with Gasteiger partial charge in [-0.1, -0.05) is 0 Å². The Labute approximate surface area is 67.1 Å². The normalized spacial score (nSPS) is 69.8. The minimum atomic E-state index is 0.489. The van der Waals surface area contributed by atoms with Crippen LogP contribution in [0.3, 0.4) is 0 Å². The van der Waals surface area contributed by atoms with Crippen molar-refractivity contribution in [1.82, 2.24) is 0 Å². The second-order valence-electron chi connectivity index (χ2n) is 4.91. The Morgan fingerprint density at radius 2 is 2.09 bits per heavy atom. The third-order valence-corrected chi connectivity index (χ3v) is 4.79. The van der Waals surface area contributed by atoms with Gasteiger partial charge < -0.3 is 4.74 Å². The molecule has 60 valence electrons. The highest BCUT2D eigenvalue weighted by atomic mass is 16.6. The molecule has 0 unspecified atom stereocenters. The van der Waals surface area contributed by atoms with Crippen LogP contribution in [0.4, 0.5) is 0 Å². The lowest BCUT2D eigenvalue weighted by atomic mass is 9.81. The van der Waals surface area contributed by atoms with Crippen LogP contribution >= 0.6 is 0 Å². The summed E-state index contributed by atoms with van der Waals surface area (Å²) in [5, 5.41) is 0. The summed E-state index contributed by atoms with van der Waals surface area (Å²) < 4.78 is 5.90. The summed E-state index contributed by atoms with van der Waals surface area (Å²) in [6.07, 6.45) is 8.12. The molecule has 1 saturated heterocycles. The predicted molar refractivity (Wildman–Crippen MR) is 41.2 cm³/mol. The van der Waals surface area contributed by atoms with E-state index in [9.17, 15) is 0 Å². The van der Waals surface area contributed by atoms with E-state index in [1.54, 1.807) is 0 Å². The monoisotopic (exact) mass is 150 g/mol.